The lowest BCUT2D eigenvalue weighted by atomic mass is 9.99. The van der Waals surface area contributed by atoms with Crippen LogP contribution in [0, 0.1) is 17.2 Å². The molecule has 2 nitrogen and oxygen atoms in total. The second-order valence-corrected chi connectivity index (χ2v) is 4.85. The minimum absolute atomic E-state index is 0.126. The number of carbonyl (C=O) groups excluding carboxylic acids is 1. The van der Waals surface area contributed by atoms with Crippen LogP contribution in [-0.4, -0.2) is 5.78 Å². The van der Waals surface area contributed by atoms with Gasteiger partial charge in [-0.05, 0) is 23.8 Å². The van der Waals surface area contributed by atoms with E-state index < -0.39 is 5.92 Å². The first-order chi connectivity index (χ1) is 7.65. The number of hydrogen-bond acceptors (Lipinski definition) is 3. The molecule has 0 aromatic carbocycles. The van der Waals surface area contributed by atoms with Gasteiger partial charge >= 0.3 is 0 Å². The molecule has 1 aromatic heterocycles. The van der Waals surface area contributed by atoms with E-state index in [1.54, 1.807) is 0 Å². The monoisotopic (exact) mass is 255 g/mol. The van der Waals surface area contributed by atoms with E-state index in [2.05, 4.69) is 6.07 Å². The highest BCUT2D eigenvalue weighted by Gasteiger charge is 2.23. The van der Waals surface area contributed by atoms with Crippen molar-refractivity contribution >= 4 is 28.7 Å². The van der Waals surface area contributed by atoms with E-state index in [0.717, 1.165) is 18.4 Å². The van der Waals surface area contributed by atoms with E-state index in [-0.39, 0.29) is 5.78 Å². The van der Waals surface area contributed by atoms with Crippen LogP contribution >= 0.6 is 22.9 Å². The van der Waals surface area contributed by atoms with Crippen molar-refractivity contribution in [2.45, 2.75) is 33.1 Å². The number of ketones is 1. The number of nitriles is 1. The fourth-order valence-corrected chi connectivity index (χ4v) is 3.00. The van der Waals surface area contributed by atoms with Gasteiger partial charge in [0.15, 0.2) is 5.78 Å². The summed E-state index contributed by atoms with van der Waals surface area (Å²) in [6.07, 6.45) is 2.24. The van der Waals surface area contributed by atoms with E-state index in [1.807, 2.05) is 19.2 Å². The number of Topliss-reactive ketones (excluding diaryl/α,β-unsaturated/α-hetero) is 1. The van der Waals surface area contributed by atoms with E-state index in [4.69, 9.17) is 16.9 Å². The first kappa shape index (κ1) is 13.2. The lowest BCUT2D eigenvalue weighted by molar-refractivity contribution is 0.0948. The van der Waals surface area contributed by atoms with E-state index >= 15 is 0 Å². The molecule has 0 spiro atoms. The molecule has 0 aliphatic heterocycles. The number of thiophene rings is 1. The summed E-state index contributed by atoms with van der Waals surface area (Å²) in [5.41, 5.74) is 0.989. The zero-order valence-electron chi connectivity index (χ0n) is 9.42. The number of rotatable bonds is 5. The molecule has 0 amide bonds. The van der Waals surface area contributed by atoms with Crippen LogP contribution in [0.25, 0.3) is 0 Å². The summed E-state index contributed by atoms with van der Waals surface area (Å²) in [4.78, 5) is 12.6. The Morgan fingerprint density at radius 3 is 2.75 bits per heavy atom. The molecule has 0 fully saturated rings. The lowest BCUT2D eigenvalue weighted by Gasteiger charge is -2.05. The van der Waals surface area contributed by atoms with Gasteiger partial charge in [-0.3, -0.25) is 4.79 Å². The zero-order valence-corrected chi connectivity index (χ0v) is 11.0. The van der Waals surface area contributed by atoms with E-state index in [9.17, 15) is 4.79 Å². The quantitative estimate of drug-likeness (QED) is 0.744. The highest BCUT2D eigenvalue weighted by molar-refractivity contribution is 7.13. The summed E-state index contributed by atoms with van der Waals surface area (Å²) in [7, 11) is 0. The Morgan fingerprint density at radius 1 is 1.62 bits per heavy atom. The number of carbonyl (C=O) groups is 1. The number of hydrogen-bond donors (Lipinski definition) is 0. The molecule has 16 heavy (non-hydrogen) atoms. The van der Waals surface area contributed by atoms with Crippen LogP contribution in [0.3, 0.4) is 0 Å². The third kappa shape index (κ3) is 2.63. The fourth-order valence-electron chi connectivity index (χ4n) is 1.49. The molecule has 0 radical (unpaired) electrons. The topological polar surface area (TPSA) is 40.9 Å². The van der Waals surface area contributed by atoms with Crippen molar-refractivity contribution in [2.24, 2.45) is 5.92 Å². The third-order valence-corrected chi connectivity index (χ3v) is 4.04. The van der Waals surface area contributed by atoms with Crippen molar-refractivity contribution < 1.29 is 4.79 Å². The molecule has 86 valence electrons. The van der Waals surface area contributed by atoms with Crippen molar-refractivity contribution in [2.75, 3.05) is 0 Å². The average Bonchev–Trinajstić information content (AvgIpc) is 2.66. The van der Waals surface area contributed by atoms with E-state index in [1.165, 1.54) is 11.3 Å². The third-order valence-electron chi connectivity index (χ3n) is 2.45. The summed E-state index contributed by atoms with van der Waals surface area (Å²) in [5, 5.41) is 11.4. The van der Waals surface area contributed by atoms with Crippen molar-refractivity contribution in [1.29, 1.82) is 5.26 Å². The van der Waals surface area contributed by atoms with Crippen molar-refractivity contribution in [3.05, 3.63) is 20.8 Å². The standard InChI is InChI=1S/C12H14ClNOS/c1-3-5-9(6-14)11(15)12-10(13)8(4-2)7-16-12/h7,9H,3-5H2,1-2H3. The van der Waals surface area contributed by atoms with Crippen LogP contribution in [0.5, 0.6) is 0 Å². The predicted molar refractivity (Wildman–Crippen MR) is 67.0 cm³/mol. The summed E-state index contributed by atoms with van der Waals surface area (Å²) in [5.74, 6) is -0.676. The molecule has 0 aliphatic rings. The normalized spacial score (nSPS) is 12.1. The molecule has 1 unspecified atom stereocenters. The molecule has 1 atom stereocenters. The molecule has 0 bridgehead atoms. The van der Waals surface area contributed by atoms with Crippen LogP contribution in [-0.2, 0) is 6.42 Å². The van der Waals surface area contributed by atoms with Gasteiger partial charge in [0.25, 0.3) is 0 Å². The van der Waals surface area contributed by atoms with Gasteiger partial charge in [0.05, 0.1) is 16.0 Å². The Balaban J connectivity index is 2.96. The van der Waals surface area contributed by atoms with E-state index in [0.29, 0.717) is 16.3 Å². The van der Waals surface area contributed by atoms with Gasteiger partial charge in [-0.1, -0.05) is 31.9 Å². The maximum absolute atomic E-state index is 12.0. The van der Waals surface area contributed by atoms with Crippen LogP contribution in [0.2, 0.25) is 5.02 Å². The minimum atomic E-state index is -0.550. The summed E-state index contributed by atoms with van der Waals surface area (Å²) in [6.45, 7) is 3.96. The molecule has 0 saturated heterocycles. The second kappa shape index (κ2) is 6.03. The summed E-state index contributed by atoms with van der Waals surface area (Å²) >= 11 is 7.45. The van der Waals surface area contributed by atoms with Crippen molar-refractivity contribution in [1.82, 2.24) is 0 Å². The van der Waals surface area contributed by atoms with Gasteiger partial charge in [-0.25, -0.2) is 0 Å². The molecule has 1 heterocycles. The van der Waals surface area contributed by atoms with Crippen molar-refractivity contribution in [3.63, 3.8) is 0 Å². The van der Waals surface area contributed by atoms with Crippen LogP contribution < -0.4 is 0 Å². The van der Waals surface area contributed by atoms with Crippen LogP contribution in [0.15, 0.2) is 5.38 Å². The predicted octanol–water partition coefficient (Wildman–Crippen LogP) is 4.09. The molecular formula is C12H14ClNOS. The van der Waals surface area contributed by atoms with Gasteiger partial charge in [-0.2, -0.15) is 5.26 Å². The maximum Gasteiger partial charge on any atom is 0.191 e. The Bertz CT molecular complexity index is 419. The highest BCUT2D eigenvalue weighted by Crippen LogP contribution is 2.31. The molecule has 1 aromatic rings. The average molecular weight is 256 g/mol. The Kier molecular flexibility index (Phi) is 4.98. The van der Waals surface area contributed by atoms with Gasteiger partial charge in [-0.15, -0.1) is 11.3 Å². The first-order valence-corrected chi connectivity index (χ1v) is 6.61. The maximum atomic E-state index is 12.0. The number of halogens is 1. The Hall–Kier alpha value is -0.850. The molecular weight excluding hydrogens is 242 g/mol. The Labute approximate surface area is 105 Å². The smallest absolute Gasteiger partial charge is 0.191 e. The molecule has 0 N–H and O–H groups in total. The zero-order chi connectivity index (χ0) is 12.1. The van der Waals surface area contributed by atoms with Gasteiger partial charge in [0.2, 0.25) is 0 Å². The Morgan fingerprint density at radius 2 is 2.31 bits per heavy atom. The highest BCUT2D eigenvalue weighted by atomic mass is 35.5. The van der Waals surface area contributed by atoms with Gasteiger partial charge in [0, 0.05) is 0 Å². The van der Waals surface area contributed by atoms with Crippen molar-refractivity contribution in [3.8, 4) is 6.07 Å². The number of nitrogens with zero attached hydrogens (tertiary/aromatic N) is 1. The van der Waals surface area contributed by atoms with Gasteiger partial charge < -0.3 is 0 Å². The SMILES string of the molecule is CCCC(C#N)C(=O)c1scc(CC)c1Cl. The van der Waals surface area contributed by atoms with Crippen LogP contribution in [0.1, 0.15) is 41.9 Å². The second-order valence-electron chi connectivity index (χ2n) is 3.59. The minimum Gasteiger partial charge on any atom is -0.292 e. The van der Waals surface area contributed by atoms with Crippen LogP contribution in [0.4, 0.5) is 0 Å². The number of aryl methyl sites for hydroxylation is 1. The summed E-state index contributed by atoms with van der Waals surface area (Å²) < 4.78 is 0. The van der Waals surface area contributed by atoms with Gasteiger partial charge in [0.1, 0.15) is 5.92 Å². The molecule has 0 aliphatic carbocycles. The largest absolute Gasteiger partial charge is 0.292 e. The fraction of sp³-hybridized carbons (Fsp3) is 0.500. The molecule has 1 rings (SSSR count). The first-order valence-electron chi connectivity index (χ1n) is 5.35. The summed E-state index contributed by atoms with van der Waals surface area (Å²) in [6, 6.07) is 2.05. The molecule has 4 heteroatoms. The lowest BCUT2D eigenvalue weighted by Crippen LogP contribution is -2.11. The molecule has 0 saturated carbocycles.